The fraction of sp³-hybridized carbons (Fsp3) is 0.167. The van der Waals surface area contributed by atoms with E-state index in [0.717, 1.165) is 21.2 Å². The lowest BCUT2D eigenvalue weighted by Gasteiger charge is -2.00. The van der Waals surface area contributed by atoms with Crippen molar-refractivity contribution in [2.24, 2.45) is 5.84 Å². The smallest absolute Gasteiger partial charge is 0.275 e. The summed E-state index contributed by atoms with van der Waals surface area (Å²) < 4.78 is 0. The van der Waals surface area contributed by atoms with E-state index in [9.17, 15) is 4.79 Å². The minimum Gasteiger partial charge on any atom is -0.289 e. The normalized spacial score (nSPS) is 10.5. The van der Waals surface area contributed by atoms with Gasteiger partial charge in [0.05, 0.1) is 14.9 Å². The fourth-order valence-electron chi connectivity index (χ4n) is 1.45. The molecule has 0 unspecified atom stereocenters. The predicted molar refractivity (Wildman–Crippen MR) is 79.5 cm³/mol. The second-order valence-electron chi connectivity index (χ2n) is 3.77. The molecule has 0 fully saturated rings. The molecule has 0 bridgehead atoms. The first-order valence-corrected chi connectivity index (χ1v) is 7.62. The lowest BCUT2D eigenvalue weighted by atomic mass is 10.3. The van der Waals surface area contributed by atoms with Gasteiger partial charge in [0.2, 0.25) is 0 Å². The summed E-state index contributed by atoms with van der Waals surface area (Å²) in [5, 5.41) is 1.53. The number of aromatic nitrogens is 1. The summed E-state index contributed by atoms with van der Waals surface area (Å²) in [6.45, 7) is 1.99. The number of nitrogens with two attached hydrogens (primary N) is 1. The number of rotatable bonds is 4. The predicted octanol–water partition coefficient (Wildman–Crippen LogP) is 3.00. The van der Waals surface area contributed by atoms with Gasteiger partial charge in [-0.3, -0.25) is 10.2 Å². The lowest BCUT2D eigenvalue weighted by Crippen LogP contribution is -2.29. The van der Waals surface area contributed by atoms with Gasteiger partial charge in [0.1, 0.15) is 0 Å². The molecule has 19 heavy (non-hydrogen) atoms. The highest BCUT2D eigenvalue weighted by Gasteiger charge is 2.11. The summed E-state index contributed by atoms with van der Waals surface area (Å²) in [6, 6.07) is 5.55. The lowest BCUT2D eigenvalue weighted by molar-refractivity contribution is 0.0957. The maximum absolute atomic E-state index is 11.4. The van der Waals surface area contributed by atoms with E-state index in [1.165, 1.54) is 11.3 Å². The zero-order valence-electron chi connectivity index (χ0n) is 10.1. The molecule has 2 rings (SSSR count). The molecule has 7 heteroatoms. The van der Waals surface area contributed by atoms with Gasteiger partial charge in [-0.2, -0.15) is 0 Å². The van der Waals surface area contributed by atoms with Crippen LogP contribution in [0.1, 0.15) is 20.1 Å². The number of thioether (sulfide) groups is 1. The zero-order chi connectivity index (χ0) is 13.8. The third-order valence-electron chi connectivity index (χ3n) is 2.45. The molecule has 0 spiro atoms. The number of nitrogen functional groups attached to an aromatic ring is 1. The van der Waals surface area contributed by atoms with Crippen LogP contribution in [-0.2, 0) is 5.75 Å². The molecule has 2 heterocycles. The molecule has 0 aliphatic carbocycles. The van der Waals surface area contributed by atoms with Crippen LogP contribution in [-0.4, -0.2) is 10.9 Å². The Labute approximate surface area is 124 Å². The number of amides is 1. The zero-order valence-corrected chi connectivity index (χ0v) is 12.5. The van der Waals surface area contributed by atoms with Gasteiger partial charge in [-0.25, -0.2) is 10.8 Å². The number of aryl methyl sites for hydroxylation is 1. The molecule has 0 aliphatic rings. The molecule has 0 saturated heterocycles. The quantitative estimate of drug-likeness (QED) is 0.394. The van der Waals surface area contributed by atoms with Crippen LogP contribution in [0.2, 0.25) is 5.02 Å². The number of carbonyl (C=O) groups is 1. The molecular weight excluding hydrogens is 302 g/mol. The molecule has 0 radical (unpaired) electrons. The van der Waals surface area contributed by atoms with Gasteiger partial charge < -0.3 is 0 Å². The largest absolute Gasteiger partial charge is 0.289 e. The summed E-state index contributed by atoms with van der Waals surface area (Å²) in [7, 11) is 0. The number of thiophene rings is 1. The van der Waals surface area contributed by atoms with E-state index in [0.29, 0.717) is 9.90 Å². The van der Waals surface area contributed by atoms with Gasteiger partial charge in [-0.15, -0.1) is 23.1 Å². The Morgan fingerprint density at radius 1 is 1.58 bits per heavy atom. The van der Waals surface area contributed by atoms with E-state index in [1.54, 1.807) is 18.0 Å². The first-order chi connectivity index (χ1) is 9.10. The van der Waals surface area contributed by atoms with Crippen molar-refractivity contribution in [2.45, 2.75) is 17.7 Å². The SMILES string of the molecule is Cc1sc(C(=O)NN)cc1CSc1ccc(Cl)cn1. The Balaban J connectivity index is 2.05. The summed E-state index contributed by atoms with van der Waals surface area (Å²) in [5.41, 5.74) is 3.26. The summed E-state index contributed by atoms with van der Waals surface area (Å²) in [4.78, 5) is 17.4. The van der Waals surface area contributed by atoms with Gasteiger partial charge in [0, 0.05) is 16.8 Å². The van der Waals surface area contributed by atoms with E-state index >= 15 is 0 Å². The summed E-state index contributed by atoms with van der Waals surface area (Å²) in [5.74, 6) is 5.63. The maximum atomic E-state index is 11.4. The van der Waals surface area contributed by atoms with E-state index in [2.05, 4.69) is 10.4 Å². The first-order valence-electron chi connectivity index (χ1n) is 5.44. The van der Waals surface area contributed by atoms with E-state index in [1.807, 2.05) is 25.1 Å². The standard InChI is InChI=1S/C12H12ClN3OS2/c1-7-8(4-10(19-7)12(17)16-14)6-18-11-3-2-9(13)5-15-11/h2-5H,6,14H2,1H3,(H,16,17). The number of hydrazine groups is 1. The molecule has 100 valence electrons. The van der Waals surface area contributed by atoms with Gasteiger partial charge in [0.25, 0.3) is 5.91 Å². The highest BCUT2D eigenvalue weighted by Crippen LogP contribution is 2.28. The number of nitrogens with zero attached hydrogens (tertiary/aromatic N) is 1. The Bertz CT molecular complexity index is 583. The third kappa shape index (κ3) is 3.70. The Kier molecular flexibility index (Phi) is 4.81. The van der Waals surface area contributed by atoms with Crippen molar-refractivity contribution in [2.75, 3.05) is 0 Å². The van der Waals surface area contributed by atoms with Crippen LogP contribution in [0.25, 0.3) is 0 Å². The molecule has 1 amide bonds. The van der Waals surface area contributed by atoms with Crippen molar-refractivity contribution in [1.29, 1.82) is 0 Å². The Morgan fingerprint density at radius 2 is 2.37 bits per heavy atom. The van der Waals surface area contributed by atoms with Crippen molar-refractivity contribution in [3.05, 3.63) is 44.7 Å². The third-order valence-corrected chi connectivity index (χ3v) is 4.76. The number of carbonyl (C=O) groups excluding carboxylic acids is 1. The molecule has 0 atom stereocenters. The van der Waals surface area contributed by atoms with Crippen molar-refractivity contribution >= 4 is 40.6 Å². The number of nitrogens with one attached hydrogen (secondary N) is 1. The first kappa shape index (κ1) is 14.3. The van der Waals surface area contributed by atoms with Gasteiger partial charge in [0.15, 0.2) is 0 Å². The van der Waals surface area contributed by atoms with Crippen LogP contribution < -0.4 is 11.3 Å². The van der Waals surface area contributed by atoms with Crippen LogP contribution in [0.5, 0.6) is 0 Å². The maximum Gasteiger partial charge on any atom is 0.275 e. The number of hydrogen-bond acceptors (Lipinski definition) is 5. The Hall–Kier alpha value is -1.08. The Morgan fingerprint density at radius 3 is 3.00 bits per heavy atom. The van der Waals surface area contributed by atoms with Gasteiger partial charge >= 0.3 is 0 Å². The summed E-state index contributed by atoms with van der Waals surface area (Å²) >= 11 is 8.82. The van der Waals surface area contributed by atoms with Crippen LogP contribution in [0.15, 0.2) is 29.4 Å². The molecule has 0 saturated carbocycles. The molecule has 4 nitrogen and oxygen atoms in total. The average molecular weight is 314 g/mol. The van der Waals surface area contributed by atoms with Crippen LogP contribution in [0.4, 0.5) is 0 Å². The highest BCUT2D eigenvalue weighted by atomic mass is 35.5. The molecule has 0 aliphatic heterocycles. The van der Waals surface area contributed by atoms with Crippen molar-refractivity contribution < 1.29 is 4.79 Å². The number of pyridine rings is 1. The van der Waals surface area contributed by atoms with Gasteiger partial charge in [-0.1, -0.05) is 11.6 Å². The minimum atomic E-state index is -0.256. The molecule has 2 aromatic rings. The molecule has 2 aromatic heterocycles. The van der Waals surface area contributed by atoms with Crippen molar-refractivity contribution in [1.82, 2.24) is 10.4 Å². The second-order valence-corrected chi connectivity index (χ2v) is 6.46. The van der Waals surface area contributed by atoms with Crippen LogP contribution >= 0.6 is 34.7 Å². The number of hydrogen-bond donors (Lipinski definition) is 2. The van der Waals surface area contributed by atoms with Crippen LogP contribution in [0, 0.1) is 6.92 Å². The minimum absolute atomic E-state index is 0.256. The van der Waals surface area contributed by atoms with E-state index in [-0.39, 0.29) is 5.91 Å². The topological polar surface area (TPSA) is 68.0 Å². The molecule has 0 aromatic carbocycles. The van der Waals surface area contributed by atoms with Crippen molar-refractivity contribution in [3.8, 4) is 0 Å². The second kappa shape index (κ2) is 6.38. The molecule has 3 N–H and O–H groups in total. The van der Waals surface area contributed by atoms with E-state index < -0.39 is 0 Å². The highest BCUT2D eigenvalue weighted by molar-refractivity contribution is 7.98. The molecular formula is C12H12ClN3OS2. The van der Waals surface area contributed by atoms with E-state index in [4.69, 9.17) is 17.4 Å². The summed E-state index contributed by atoms with van der Waals surface area (Å²) in [6.07, 6.45) is 1.62. The van der Waals surface area contributed by atoms with Crippen LogP contribution in [0.3, 0.4) is 0 Å². The van der Waals surface area contributed by atoms with Crippen molar-refractivity contribution in [3.63, 3.8) is 0 Å². The average Bonchev–Trinajstić information content (AvgIpc) is 2.79. The fourth-order valence-corrected chi connectivity index (χ4v) is 3.49. The monoisotopic (exact) mass is 313 g/mol. The van der Waals surface area contributed by atoms with Gasteiger partial charge in [-0.05, 0) is 30.7 Å². The number of halogens is 1.